The van der Waals surface area contributed by atoms with Gasteiger partial charge < -0.3 is 16.2 Å². The van der Waals surface area contributed by atoms with E-state index in [4.69, 9.17) is 10.8 Å². The molecule has 0 aromatic heterocycles. The lowest BCUT2D eigenvalue weighted by molar-refractivity contribution is -0.139. The summed E-state index contributed by atoms with van der Waals surface area (Å²) in [5.41, 5.74) is 5.26. The Morgan fingerprint density at radius 1 is 1.44 bits per heavy atom. The highest BCUT2D eigenvalue weighted by Gasteiger charge is 2.17. The quantitative estimate of drug-likeness (QED) is 0.497. The third-order valence-corrected chi connectivity index (χ3v) is 3.59. The molecule has 0 bridgehead atoms. The van der Waals surface area contributed by atoms with Crippen molar-refractivity contribution in [1.29, 1.82) is 0 Å². The molecule has 16 heavy (non-hydrogen) atoms. The minimum absolute atomic E-state index is 0.00402. The van der Waals surface area contributed by atoms with Crippen LogP contribution in [-0.4, -0.2) is 49.5 Å². The van der Waals surface area contributed by atoms with Crippen molar-refractivity contribution in [3.8, 4) is 0 Å². The Balaban J connectivity index is 3.95. The van der Waals surface area contributed by atoms with Crippen molar-refractivity contribution >= 4 is 21.7 Å². The molecule has 0 aromatic carbocycles. The SMILES string of the molecule is CCS(=O)(=O)CCNC(=O)C(N)CC(=O)O. The van der Waals surface area contributed by atoms with Crippen molar-refractivity contribution < 1.29 is 23.1 Å². The number of rotatable bonds is 7. The van der Waals surface area contributed by atoms with E-state index >= 15 is 0 Å². The third-order valence-electron chi connectivity index (χ3n) is 1.88. The summed E-state index contributed by atoms with van der Waals surface area (Å²) in [6.07, 6.45) is -0.480. The molecule has 0 aliphatic heterocycles. The molecule has 8 heteroatoms. The van der Waals surface area contributed by atoms with Crippen molar-refractivity contribution in [2.75, 3.05) is 18.1 Å². The molecule has 1 amide bonds. The number of sulfone groups is 1. The zero-order valence-corrected chi connectivity index (χ0v) is 9.79. The van der Waals surface area contributed by atoms with Crippen LogP contribution in [0.15, 0.2) is 0 Å². The first kappa shape index (κ1) is 14.8. The third kappa shape index (κ3) is 6.36. The average molecular weight is 252 g/mol. The molecule has 0 saturated heterocycles. The first-order valence-corrected chi connectivity index (χ1v) is 6.56. The van der Waals surface area contributed by atoms with Gasteiger partial charge in [0.05, 0.1) is 18.2 Å². The van der Waals surface area contributed by atoms with E-state index in [0.29, 0.717) is 0 Å². The molecule has 0 radical (unpaired) electrons. The Kier molecular flexibility index (Phi) is 5.97. The highest BCUT2D eigenvalue weighted by Crippen LogP contribution is 1.90. The van der Waals surface area contributed by atoms with E-state index in [1.54, 1.807) is 0 Å². The number of aliphatic carboxylic acids is 1. The first-order valence-electron chi connectivity index (χ1n) is 4.74. The Morgan fingerprint density at radius 3 is 2.44 bits per heavy atom. The number of amides is 1. The van der Waals surface area contributed by atoms with Crippen LogP contribution >= 0.6 is 0 Å². The first-order chi connectivity index (χ1) is 7.28. The van der Waals surface area contributed by atoms with Crippen LogP contribution in [0.5, 0.6) is 0 Å². The van der Waals surface area contributed by atoms with Gasteiger partial charge in [-0.15, -0.1) is 0 Å². The van der Waals surface area contributed by atoms with Gasteiger partial charge in [-0.2, -0.15) is 0 Å². The number of carbonyl (C=O) groups is 2. The average Bonchev–Trinajstić information content (AvgIpc) is 2.16. The van der Waals surface area contributed by atoms with Gasteiger partial charge in [0, 0.05) is 12.3 Å². The molecule has 0 aliphatic rings. The number of carboxylic acids is 1. The molecule has 0 spiro atoms. The molecule has 1 unspecified atom stereocenters. The Morgan fingerprint density at radius 2 is 2.00 bits per heavy atom. The largest absolute Gasteiger partial charge is 0.481 e. The Bertz CT molecular complexity index is 351. The predicted octanol–water partition coefficient (Wildman–Crippen LogP) is -1.66. The van der Waals surface area contributed by atoms with E-state index in [2.05, 4.69) is 5.32 Å². The molecule has 94 valence electrons. The normalized spacial score (nSPS) is 13.1. The lowest BCUT2D eigenvalue weighted by Gasteiger charge is -2.09. The monoisotopic (exact) mass is 252 g/mol. The van der Waals surface area contributed by atoms with Crippen LogP contribution in [0.1, 0.15) is 13.3 Å². The fourth-order valence-corrected chi connectivity index (χ4v) is 1.59. The molecule has 0 heterocycles. The van der Waals surface area contributed by atoms with Gasteiger partial charge in [-0.3, -0.25) is 9.59 Å². The van der Waals surface area contributed by atoms with Gasteiger partial charge >= 0.3 is 5.97 Å². The van der Waals surface area contributed by atoms with Crippen molar-refractivity contribution in [3.63, 3.8) is 0 Å². The van der Waals surface area contributed by atoms with Gasteiger partial charge in [0.15, 0.2) is 9.84 Å². The second-order valence-corrected chi connectivity index (χ2v) is 5.70. The van der Waals surface area contributed by atoms with Crippen LogP contribution in [0.3, 0.4) is 0 Å². The molecular weight excluding hydrogens is 236 g/mol. The summed E-state index contributed by atoms with van der Waals surface area (Å²) in [6.45, 7) is 1.45. The molecule has 0 fully saturated rings. The number of hydrogen-bond acceptors (Lipinski definition) is 5. The summed E-state index contributed by atoms with van der Waals surface area (Å²) in [5, 5.41) is 10.6. The number of nitrogens with one attached hydrogen (secondary N) is 1. The highest BCUT2D eigenvalue weighted by atomic mass is 32.2. The lowest BCUT2D eigenvalue weighted by Crippen LogP contribution is -2.43. The zero-order valence-electron chi connectivity index (χ0n) is 8.97. The summed E-state index contributed by atoms with van der Waals surface area (Å²) in [6, 6.07) is -1.15. The van der Waals surface area contributed by atoms with Gasteiger partial charge in [-0.25, -0.2) is 8.42 Å². The topological polar surface area (TPSA) is 127 Å². The van der Waals surface area contributed by atoms with Crippen molar-refractivity contribution in [3.05, 3.63) is 0 Å². The maximum Gasteiger partial charge on any atom is 0.305 e. The molecule has 1 atom stereocenters. The van der Waals surface area contributed by atoms with E-state index in [1.807, 2.05) is 0 Å². The van der Waals surface area contributed by atoms with Crippen LogP contribution in [0.25, 0.3) is 0 Å². The van der Waals surface area contributed by atoms with Crippen LogP contribution in [0, 0.1) is 0 Å². The fourth-order valence-electron chi connectivity index (χ4n) is 0.886. The summed E-state index contributed by atoms with van der Waals surface area (Å²) in [5.74, 6) is -2.00. The lowest BCUT2D eigenvalue weighted by atomic mass is 10.2. The van der Waals surface area contributed by atoms with Gasteiger partial charge in [0.1, 0.15) is 0 Å². The second-order valence-electron chi connectivity index (χ2n) is 3.23. The number of nitrogens with two attached hydrogens (primary N) is 1. The van der Waals surface area contributed by atoms with Crippen molar-refractivity contribution in [2.45, 2.75) is 19.4 Å². The van der Waals surface area contributed by atoms with Crippen LogP contribution in [-0.2, 0) is 19.4 Å². The maximum atomic E-state index is 11.2. The van der Waals surface area contributed by atoms with Gasteiger partial charge in [-0.1, -0.05) is 6.92 Å². The summed E-state index contributed by atoms with van der Waals surface area (Å²) < 4.78 is 22.1. The van der Waals surface area contributed by atoms with E-state index in [0.717, 1.165) is 0 Å². The number of hydrogen-bond donors (Lipinski definition) is 3. The summed E-state index contributed by atoms with van der Waals surface area (Å²) in [4.78, 5) is 21.4. The molecule has 7 nitrogen and oxygen atoms in total. The highest BCUT2D eigenvalue weighted by molar-refractivity contribution is 7.91. The van der Waals surface area contributed by atoms with Crippen LogP contribution < -0.4 is 11.1 Å². The van der Waals surface area contributed by atoms with E-state index in [1.165, 1.54) is 6.92 Å². The Hall–Kier alpha value is -1.15. The molecule has 4 N–H and O–H groups in total. The van der Waals surface area contributed by atoms with Crippen LogP contribution in [0.4, 0.5) is 0 Å². The van der Waals surface area contributed by atoms with Crippen molar-refractivity contribution in [1.82, 2.24) is 5.32 Å². The van der Waals surface area contributed by atoms with E-state index in [9.17, 15) is 18.0 Å². The zero-order chi connectivity index (χ0) is 12.8. The van der Waals surface area contributed by atoms with Gasteiger partial charge in [0.2, 0.25) is 5.91 Å². The molecule has 0 aliphatic carbocycles. The van der Waals surface area contributed by atoms with Crippen LogP contribution in [0.2, 0.25) is 0 Å². The summed E-state index contributed by atoms with van der Waals surface area (Å²) in [7, 11) is -3.14. The molecular formula is C8H16N2O5S. The minimum atomic E-state index is -3.14. The molecule has 0 rings (SSSR count). The standard InChI is InChI=1S/C8H16N2O5S/c1-2-16(14,15)4-3-10-8(13)6(9)5-7(11)12/h6H,2-5,9H2,1H3,(H,10,13)(H,11,12). The maximum absolute atomic E-state index is 11.2. The van der Waals surface area contributed by atoms with Crippen molar-refractivity contribution in [2.24, 2.45) is 5.73 Å². The Labute approximate surface area is 93.9 Å². The minimum Gasteiger partial charge on any atom is -0.481 e. The summed E-state index contributed by atoms with van der Waals surface area (Å²) >= 11 is 0. The van der Waals surface area contributed by atoms with Gasteiger partial charge in [-0.05, 0) is 0 Å². The smallest absolute Gasteiger partial charge is 0.305 e. The second kappa shape index (κ2) is 6.44. The van der Waals surface area contributed by atoms with E-state index in [-0.39, 0.29) is 18.1 Å². The molecule has 0 aromatic rings. The van der Waals surface area contributed by atoms with E-state index < -0.39 is 34.2 Å². The predicted molar refractivity (Wildman–Crippen MR) is 57.6 cm³/mol. The van der Waals surface area contributed by atoms with Gasteiger partial charge in [0.25, 0.3) is 0 Å². The fraction of sp³-hybridized carbons (Fsp3) is 0.750. The molecule has 0 saturated carbocycles. The number of carbonyl (C=O) groups excluding carboxylic acids is 1. The number of carboxylic acid groups (broad SMARTS) is 1.